The van der Waals surface area contributed by atoms with E-state index in [0.717, 1.165) is 5.56 Å². The normalized spacial score (nSPS) is 14.1. The van der Waals surface area contributed by atoms with Gasteiger partial charge in [-0.05, 0) is 48.6 Å². The molecule has 1 aliphatic rings. The lowest BCUT2D eigenvalue weighted by atomic mass is 9.93. The van der Waals surface area contributed by atoms with Crippen LogP contribution >= 0.6 is 0 Å². The average Bonchev–Trinajstić information content (AvgIpc) is 3.23. The van der Waals surface area contributed by atoms with Crippen LogP contribution in [0.5, 0.6) is 17.2 Å². The van der Waals surface area contributed by atoms with Gasteiger partial charge in [-0.2, -0.15) is 0 Å². The van der Waals surface area contributed by atoms with Gasteiger partial charge in [0.1, 0.15) is 11.9 Å². The lowest BCUT2D eigenvalue weighted by molar-refractivity contribution is -0.124. The topological polar surface area (TPSA) is 126 Å². The molecular weight excluding hydrogens is 404 g/mol. The van der Waals surface area contributed by atoms with Crippen molar-refractivity contribution in [3.63, 3.8) is 0 Å². The second-order valence-corrected chi connectivity index (χ2v) is 7.04. The zero-order valence-corrected chi connectivity index (χ0v) is 16.9. The van der Waals surface area contributed by atoms with Crippen LogP contribution in [0.2, 0.25) is 0 Å². The van der Waals surface area contributed by atoms with Crippen molar-refractivity contribution in [1.29, 1.82) is 0 Å². The number of carbonyl (C=O) groups excluding carboxylic acids is 2. The third-order valence-corrected chi connectivity index (χ3v) is 4.76. The zero-order valence-electron chi connectivity index (χ0n) is 16.9. The number of hydroxylamine groups is 1. The van der Waals surface area contributed by atoms with Gasteiger partial charge in [0.05, 0.1) is 0 Å². The number of anilines is 1. The van der Waals surface area contributed by atoms with Crippen molar-refractivity contribution in [1.82, 2.24) is 5.48 Å². The maximum absolute atomic E-state index is 12.6. The SMILES string of the molecule is C[C@@H](CC/C=C/C(=O)NO)[C@@H](OC(=O)Nc1ccc2c(c1)OCO2)c1ccc(O)cc1. The van der Waals surface area contributed by atoms with Gasteiger partial charge in [0, 0.05) is 17.8 Å². The monoisotopic (exact) mass is 428 g/mol. The van der Waals surface area contributed by atoms with Crippen molar-refractivity contribution in [2.75, 3.05) is 12.1 Å². The third-order valence-electron chi connectivity index (χ3n) is 4.76. The molecule has 9 heteroatoms. The Labute approximate surface area is 179 Å². The van der Waals surface area contributed by atoms with Gasteiger partial charge in [0.15, 0.2) is 11.5 Å². The van der Waals surface area contributed by atoms with E-state index >= 15 is 0 Å². The highest BCUT2D eigenvalue weighted by Gasteiger charge is 2.24. The molecular formula is C22H24N2O7. The zero-order chi connectivity index (χ0) is 22.2. The fraction of sp³-hybridized carbons (Fsp3) is 0.273. The number of rotatable bonds is 8. The summed E-state index contributed by atoms with van der Waals surface area (Å²) in [6.45, 7) is 2.06. The maximum Gasteiger partial charge on any atom is 0.412 e. The Bertz CT molecular complexity index is 943. The largest absolute Gasteiger partial charge is 0.508 e. The van der Waals surface area contributed by atoms with E-state index in [9.17, 15) is 14.7 Å². The van der Waals surface area contributed by atoms with Crippen molar-refractivity contribution in [2.45, 2.75) is 25.9 Å². The predicted molar refractivity (Wildman–Crippen MR) is 111 cm³/mol. The van der Waals surface area contributed by atoms with Gasteiger partial charge < -0.3 is 19.3 Å². The van der Waals surface area contributed by atoms with Crippen LogP contribution in [0.15, 0.2) is 54.6 Å². The second-order valence-electron chi connectivity index (χ2n) is 7.04. The Morgan fingerprint density at radius 3 is 2.65 bits per heavy atom. The molecule has 0 saturated heterocycles. The molecule has 9 nitrogen and oxygen atoms in total. The molecule has 2 atom stereocenters. The van der Waals surface area contributed by atoms with E-state index in [4.69, 9.17) is 19.4 Å². The van der Waals surface area contributed by atoms with Gasteiger partial charge in [-0.15, -0.1) is 0 Å². The molecule has 164 valence electrons. The van der Waals surface area contributed by atoms with E-state index in [0.29, 0.717) is 30.0 Å². The van der Waals surface area contributed by atoms with Gasteiger partial charge in [0.2, 0.25) is 6.79 Å². The first kappa shape index (κ1) is 22.0. The summed E-state index contributed by atoms with van der Waals surface area (Å²) in [5.74, 6) is 0.547. The number of carbonyl (C=O) groups is 2. The number of amides is 2. The standard InChI is InChI=1S/C22H24N2O7/c1-14(4-2-3-5-20(26)24-28)21(15-6-9-17(25)10-7-15)31-22(27)23-16-8-11-18-19(12-16)30-13-29-18/h3,5-12,14,21,25,28H,2,4,13H2,1H3,(H,23,27)(H,24,26)/b5-3+/t14-,21+/m0/s1. The minimum absolute atomic E-state index is 0.103. The Hall–Kier alpha value is -3.72. The molecule has 3 rings (SSSR count). The first-order valence-electron chi connectivity index (χ1n) is 9.73. The van der Waals surface area contributed by atoms with Crippen LogP contribution in [0.3, 0.4) is 0 Å². The molecule has 0 unspecified atom stereocenters. The van der Waals surface area contributed by atoms with Crippen molar-refractivity contribution in [2.24, 2.45) is 5.92 Å². The molecule has 31 heavy (non-hydrogen) atoms. The summed E-state index contributed by atoms with van der Waals surface area (Å²) in [4.78, 5) is 23.6. The summed E-state index contributed by atoms with van der Waals surface area (Å²) >= 11 is 0. The number of aromatic hydroxyl groups is 1. The lowest BCUT2D eigenvalue weighted by Gasteiger charge is -2.24. The second kappa shape index (κ2) is 10.4. The van der Waals surface area contributed by atoms with Crippen LogP contribution in [0.1, 0.15) is 31.4 Å². The Balaban J connectivity index is 1.67. The summed E-state index contributed by atoms with van der Waals surface area (Å²) in [6, 6.07) is 11.5. The summed E-state index contributed by atoms with van der Waals surface area (Å²) < 4.78 is 16.3. The minimum atomic E-state index is -0.640. The van der Waals surface area contributed by atoms with Crippen LogP contribution in [-0.4, -0.2) is 29.1 Å². The summed E-state index contributed by atoms with van der Waals surface area (Å²) in [6.07, 6.45) is 2.78. The molecule has 0 fully saturated rings. The summed E-state index contributed by atoms with van der Waals surface area (Å²) in [5.41, 5.74) is 2.76. The molecule has 0 bridgehead atoms. The molecule has 0 saturated carbocycles. The highest BCUT2D eigenvalue weighted by Crippen LogP contribution is 2.35. The Morgan fingerprint density at radius 2 is 1.90 bits per heavy atom. The van der Waals surface area contributed by atoms with Gasteiger partial charge in [0.25, 0.3) is 5.91 Å². The van der Waals surface area contributed by atoms with Crippen molar-refractivity contribution < 1.29 is 34.1 Å². The minimum Gasteiger partial charge on any atom is -0.508 e. The Morgan fingerprint density at radius 1 is 1.16 bits per heavy atom. The lowest BCUT2D eigenvalue weighted by Crippen LogP contribution is -2.22. The number of nitrogens with one attached hydrogen (secondary N) is 2. The molecule has 0 radical (unpaired) electrons. The van der Waals surface area contributed by atoms with Crippen LogP contribution in [0.4, 0.5) is 10.5 Å². The molecule has 2 aromatic rings. The maximum atomic E-state index is 12.6. The number of fused-ring (bicyclic) bond motifs is 1. The van der Waals surface area contributed by atoms with Gasteiger partial charge >= 0.3 is 6.09 Å². The first-order valence-corrected chi connectivity index (χ1v) is 9.73. The quantitative estimate of drug-likeness (QED) is 0.285. The summed E-state index contributed by atoms with van der Waals surface area (Å²) in [7, 11) is 0. The fourth-order valence-electron chi connectivity index (χ4n) is 3.15. The summed E-state index contributed by atoms with van der Waals surface area (Å²) in [5, 5.41) is 20.8. The first-order chi connectivity index (χ1) is 15.0. The molecule has 1 heterocycles. The van der Waals surface area contributed by atoms with Crippen LogP contribution in [-0.2, 0) is 9.53 Å². The molecule has 4 N–H and O–H groups in total. The number of allylic oxidation sites excluding steroid dienone is 1. The Kier molecular flexibility index (Phi) is 7.34. The number of hydrogen-bond donors (Lipinski definition) is 4. The van der Waals surface area contributed by atoms with Gasteiger partial charge in [-0.25, -0.2) is 10.3 Å². The van der Waals surface area contributed by atoms with Gasteiger partial charge in [-0.1, -0.05) is 25.1 Å². The molecule has 0 aromatic heterocycles. The molecule has 2 aromatic carbocycles. The molecule has 0 aliphatic carbocycles. The third kappa shape index (κ3) is 6.13. The van der Waals surface area contributed by atoms with Crippen molar-refractivity contribution in [3.05, 3.63) is 60.2 Å². The van der Waals surface area contributed by atoms with E-state index in [2.05, 4.69) is 5.32 Å². The van der Waals surface area contributed by atoms with Crippen molar-refractivity contribution >= 4 is 17.7 Å². The number of phenols is 1. The average molecular weight is 428 g/mol. The fourth-order valence-corrected chi connectivity index (χ4v) is 3.15. The van der Waals surface area contributed by atoms with Crippen LogP contribution < -0.4 is 20.3 Å². The number of ether oxygens (including phenoxy) is 3. The van der Waals surface area contributed by atoms with E-state index in [1.807, 2.05) is 6.92 Å². The number of phenolic OH excluding ortho intramolecular Hbond substituents is 1. The van der Waals surface area contributed by atoms with E-state index in [-0.39, 0.29) is 18.5 Å². The number of hydrogen-bond acceptors (Lipinski definition) is 7. The van der Waals surface area contributed by atoms with Gasteiger partial charge in [-0.3, -0.25) is 15.3 Å². The van der Waals surface area contributed by atoms with Crippen LogP contribution in [0, 0.1) is 5.92 Å². The van der Waals surface area contributed by atoms with Crippen molar-refractivity contribution in [3.8, 4) is 17.2 Å². The van der Waals surface area contributed by atoms with E-state index < -0.39 is 18.1 Å². The highest BCUT2D eigenvalue weighted by molar-refractivity contribution is 5.86. The van der Waals surface area contributed by atoms with Crippen LogP contribution in [0.25, 0.3) is 0 Å². The number of benzene rings is 2. The smallest absolute Gasteiger partial charge is 0.412 e. The predicted octanol–water partition coefficient (Wildman–Crippen LogP) is 3.89. The van der Waals surface area contributed by atoms with E-state index in [1.165, 1.54) is 23.7 Å². The molecule has 1 aliphatic heterocycles. The molecule has 2 amide bonds. The highest BCUT2D eigenvalue weighted by atomic mass is 16.7. The molecule has 0 spiro atoms. The van der Waals surface area contributed by atoms with E-state index in [1.54, 1.807) is 36.4 Å².